The molecule has 0 amide bonds. The second-order valence-electron chi connectivity index (χ2n) is 4.47. The van der Waals surface area contributed by atoms with Gasteiger partial charge >= 0.3 is 0 Å². The topological polar surface area (TPSA) is 38.9 Å². The summed E-state index contributed by atoms with van der Waals surface area (Å²) >= 11 is 18.0. The van der Waals surface area contributed by atoms with Crippen LogP contribution < -0.4 is 0 Å². The lowest BCUT2D eigenvalue weighted by Crippen LogP contribution is -1.78. The minimum atomic E-state index is 0.242. The van der Waals surface area contributed by atoms with Crippen molar-refractivity contribution in [2.45, 2.75) is 0 Å². The van der Waals surface area contributed by atoms with Gasteiger partial charge in [-0.3, -0.25) is 0 Å². The van der Waals surface area contributed by atoms with Gasteiger partial charge in [-0.2, -0.15) is 0 Å². The maximum absolute atomic E-state index is 6.22. The zero-order valence-corrected chi connectivity index (χ0v) is 13.4. The standard InChI is InChI=1S/C16H9Cl3N2O/c17-12-6-4-11(5-7-12)15-20-21-16(22-15)14(19)9-10-2-1-3-13(18)8-10/h1-9H/b14-9-. The van der Waals surface area contributed by atoms with Crippen LogP contribution in [0.5, 0.6) is 0 Å². The van der Waals surface area contributed by atoms with Gasteiger partial charge < -0.3 is 4.42 Å². The Balaban J connectivity index is 1.88. The molecule has 6 heteroatoms. The lowest BCUT2D eigenvalue weighted by molar-refractivity contribution is 0.556. The van der Waals surface area contributed by atoms with E-state index in [9.17, 15) is 0 Å². The van der Waals surface area contributed by atoms with Crippen LogP contribution in [0.25, 0.3) is 22.6 Å². The lowest BCUT2D eigenvalue weighted by Gasteiger charge is -1.96. The van der Waals surface area contributed by atoms with Crippen molar-refractivity contribution >= 4 is 45.9 Å². The van der Waals surface area contributed by atoms with E-state index in [1.165, 1.54) is 0 Å². The molecule has 0 aliphatic carbocycles. The van der Waals surface area contributed by atoms with Crippen LogP contribution in [-0.4, -0.2) is 10.2 Å². The van der Waals surface area contributed by atoms with E-state index in [-0.39, 0.29) is 5.89 Å². The van der Waals surface area contributed by atoms with Crippen LogP contribution in [0.1, 0.15) is 11.5 Å². The first-order valence-corrected chi connectivity index (χ1v) is 7.48. The number of rotatable bonds is 3. The predicted molar refractivity (Wildman–Crippen MR) is 89.9 cm³/mol. The van der Waals surface area contributed by atoms with Crippen molar-refractivity contribution in [1.82, 2.24) is 10.2 Å². The second kappa shape index (κ2) is 6.53. The quantitative estimate of drug-likeness (QED) is 0.600. The zero-order chi connectivity index (χ0) is 15.5. The molecule has 0 unspecified atom stereocenters. The number of aromatic nitrogens is 2. The van der Waals surface area contributed by atoms with Gasteiger partial charge in [-0.05, 0) is 48.0 Å². The Kier molecular flexibility index (Phi) is 4.48. The summed E-state index contributed by atoms with van der Waals surface area (Å²) < 4.78 is 5.58. The van der Waals surface area contributed by atoms with E-state index < -0.39 is 0 Å². The van der Waals surface area contributed by atoms with Gasteiger partial charge in [0, 0.05) is 15.6 Å². The molecular weight excluding hydrogens is 343 g/mol. The maximum atomic E-state index is 6.22. The second-order valence-corrected chi connectivity index (χ2v) is 5.75. The van der Waals surface area contributed by atoms with Crippen LogP contribution in [0, 0.1) is 0 Å². The van der Waals surface area contributed by atoms with E-state index >= 15 is 0 Å². The molecule has 110 valence electrons. The molecule has 22 heavy (non-hydrogen) atoms. The van der Waals surface area contributed by atoms with Crippen molar-refractivity contribution < 1.29 is 4.42 Å². The Hall–Kier alpha value is -1.81. The molecule has 0 radical (unpaired) electrons. The molecule has 1 aromatic heterocycles. The van der Waals surface area contributed by atoms with Crippen LogP contribution in [-0.2, 0) is 0 Å². The van der Waals surface area contributed by atoms with Gasteiger partial charge in [0.25, 0.3) is 5.89 Å². The molecule has 2 aromatic carbocycles. The average molecular weight is 352 g/mol. The van der Waals surface area contributed by atoms with Crippen molar-refractivity contribution in [3.05, 3.63) is 70.0 Å². The Bertz CT molecular complexity index is 825. The van der Waals surface area contributed by atoms with Gasteiger partial charge in [0.15, 0.2) is 0 Å². The van der Waals surface area contributed by atoms with E-state index in [0.717, 1.165) is 11.1 Å². The molecule has 0 spiro atoms. The Labute approximate surface area is 142 Å². The maximum Gasteiger partial charge on any atom is 0.259 e. The largest absolute Gasteiger partial charge is 0.415 e. The first-order chi connectivity index (χ1) is 10.6. The van der Waals surface area contributed by atoms with E-state index in [2.05, 4.69) is 10.2 Å². The molecule has 0 aliphatic rings. The summed E-state index contributed by atoms with van der Waals surface area (Å²) in [6, 6.07) is 14.4. The summed E-state index contributed by atoms with van der Waals surface area (Å²) in [7, 11) is 0. The summed E-state index contributed by atoms with van der Waals surface area (Å²) in [6.07, 6.45) is 1.71. The van der Waals surface area contributed by atoms with Crippen LogP contribution in [0.2, 0.25) is 10.0 Å². The molecule has 0 saturated carbocycles. The zero-order valence-electron chi connectivity index (χ0n) is 11.1. The highest BCUT2D eigenvalue weighted by atomic mass is 35.5. The molecule has 3 rings (SSSR count). The van der Waals surface area contributed by atoms with Crippen molar-refractivity contribution in [3.8, 4) is 11.5 Å². The van der Waals surface area contributed by atoms with Crippen molar-refractivity contribution in [1.29, 1.82) is 0 Å². The van der Waals surface area contributed by atoms with Crippen LogP contribution in [0.15, 0.2) is 52.9 Å². The summed E-state index contributed by atoms with van der Waals surface area (Å²) in [6.45, 7) is 0. The normalized spacial score (nSPS) is 11.7. The van der Waals surface area contributed by atoms with Crippen molar-refractivity contribution in [2.24, 2.45) is 0 Å². The number of nitrogens with zero attached hydrogens (tertiary/aromatic N) is 2. The van der Waals surface area contributed by atoms with E-state index in [4.69, 9.17) is 39.2 Å². The summed E-state index contributed by atoms with van der Waals surface area (Å²) in [5.41, 5.74) is 1.62. The third-order valence-corrected chi connectivity index (χ3v) is 3.62. The van der Waals surface area contributed by atoms with Gasteiger partial charge in [0.2, 0.25) is 5.89 Å². The number of hydrogen-bond acceptors (Lipinski definition) is 3. The Morgan fingerprint density at radius 3 is 2.45 bits per heavy atom. The highest BCUT2D eigenvalue weighted by Crippen LogP contribution is 2.26. The SMILES string of the molecule is Cl/C(=C\c1cccc(Cl)c1)c1nnc(-c2ccc(Cl)cc2)o1. The minimum absolute atomic E-state index is 0.242. The minimum Gasteiger partial charge on any atom is -0.415 e. The van der Waals surface area contributed by atoms with Gasteiger partial charge in [0.05, 0.1) is 0 Å². The molecule has 0 atom stereocenters. The molecule has 0 N–H and O–H groups in total. The fourth-order valence-electron chi connectivity index (χ4n) is 1.83. The van der Waals surface area contributed by atoms with Crippen LogP contribution in [0.4, 0.5) is 0 Å². The summed E-state index contributed by atoms with van der Waals surface area (Å²) in [4.78, 5) is 0. The molecule has 0 saturated heterocycles. The van der Waals surface area contributed by atoms with Gasteiger partial charge in [0.1, 0.15) is 5.03 Å². The third-order valence-electron chi connectivity index (χ3n) is 2.86. The predicted octanol–water partition coefficient (Wildman–Crippen LogP) is 5.78. The molecule has 0 bridgehead atoms. The molecule has 0 fully saturated rings. The smallest absolute Gasteiger partial charge is 0.259 e. The molecular formula is C16H9Cl3N2O. The monoisotopic (exact) mass is 350 g/mol. The van der Waals surface area contributed by atoms with Crippen LogP contribution >= 0.6 is 34.8 Å². The van der Waals surface area contributed by atoms with E-state index in [1.807, 2.05) is 12.1 Å². The lowest BCUT2D eigenvalue weighted by atomic mass is 10.2. The van der Waals surface area contributed by atoms with Crippen molar-refractivity contribution in [2.75, 3.05) is 0 Å². The van der Waals surface area contributed by atoms with Gasteiger partial charge in [-0.25, -0.2) is 0 Å². The summed E-state index contributed by atoms with van der Waals surface area (Å²) in [5, 5.41) is 9.55. The molecule has 0 aliphatic heterocycles. The number of halogens is 3. The molecule has 3 aromatic rings. The summed E-state index contributed by atoms with van der Waals surface area (Å²) in [5.74, 6) is 0.621. The molecule has 1 heterocycles. The van der Waals surface area contributed by atoms with Gasteiger partial charge in [-0.15, -0.1) is 10.2 Å². The highest BCUT2D eigenvalue weighted by molar-refractivity contribution is 6.50. The number of benzene rings is 2. The van der Waals surface area contributed by atoms with E-state index in [1.54, 1.807) is 42.5 Å². The van der Waals surface area contributed by atoms with Gasteiger partial charge in [-0.1, -0.05) is 46.9 Å². The fourth-order valence-corrected chi connectivity index (χ4v) is 2.36. The first-order valence-electron chi connectivity index (χ1n) is 6.34. The van der Waals surface area contributed by atoms with Crippen LogP contribution in [0.3, 0.4) is 0 Å². The van der Waals surface area contributed by atoms with Crippen molar-refractivity contribution in [3.63, 3.8) is 0 Å². The first kappa shape index (κ1) is 15.1. The Morgan fingerprint density at radius 2 is 1.73 bits per heavy atom. The number of hydrogen-bond donors (Lipinski definition) is 0. The molecule has 3 nitrogen and oxygen atoms in total. The fraction of sp³-hybridized carbons (Fsp3) is 0. The Morgan fingerprint density at radius 1 is 0.955 bits per heavy atom. The highest BCUT2D eigenvalue weighted by Gasteiger charge is 2.11. The third kappa shape index (κ3) is 3.50. The van der Waals surface area contributed by atoms with E-state index in [0.29, 0.717) is 21.0 Å². The average Bonchev–Trinajstić information content (AvgIpc) is 2.98.